The summed E-state index contributed by atoms with van der Waals surface area (Å²) in [6, 6.07) is 27.7. The van der Waals surface area contributed by atoms with Crippen molar-refractivity contribution < 1.29 is 14.3 Å². The van der Waals surface area contributed by atoms with E-state index in [4.69, 9.17) is 4.74 Å². The van der Waals surface area contributed by atoms with Gasteiger partial charge in [0.1, 0.15) is 11.5 Å². The van der Waals surface area contributed by atoms with Crippen molar-refractivity contribution in [2.24, 2.45) is 0 Å². The van der Waals surface area contributed by atoms with Crippen LogP contribution < -0.4 is 15.4 Å². The van der Waals surface area contributed by atoms with Crippen LogP contribution in [0.3, 0.4) is 0 Å². The molecule has 0 fully saturated rings. The van der Waals surface area contributed by atoms with Gasteiger partial charge in [0.15, 0.2) is 0 Å². The van der Waals surface area contributed by atoms with Crippen LogP contribution in [0.2, 0.25) is 0 Å². The van der Waals surface area contributed by atoms with Gasteiger partial charge in [0.25, 0.3) is 5.91 Å². The Morgan fingerprint density at radius 1 is 0.781 bits per heavy atom. The molecule has 1 aromatic heterocycles. The lowest BCUT2D eigenvalue weighted by molar-refractivity contribution is -0.120. The molecule has 1 heterocycles. The van der Waals surface area contributed by atoms with Gasteiger partial charge in [-0.1, -0.05) is 36.4 Å². The van der Waals surface area contributed by atoms with Crippen LogP contribution in [0.4, 0.5) is 5.69 Å². The van der Waals surface area contributed by atoms with Crippen LogP contribution in [0.25, 0.3) is 0 Å². The van der Waals surface area contributed by atoms with Gasteiger partial charge < -0.3 is 15.4 Å². The molecule has 5 nitrogen and oxygen atoms in total. The van der Waals surface area contributed by atoms with E-state index in [0.29, 0.717) is 30.0 Å². The number of amides is 2. The number of para-hydroxylation sites is 1. The number of hydrogen-bond donors (Lipinski definition) is 2. The van der Waals surface area contributed by atoms with Gasteiger partial charge in [-0.15, -0.1) is 11.3 Å². The first-order valence-corrected chi connectivity index (χ1v) is 11.1. The van der Waals surface area contributed by atoms with Crippen LogP contribution in [0.1, 0.15) is 20.8 Å². The fourth-order valence-electron chi connectivity index (χ4n) is 3.05. The zero-order valence-electron chi connectivity index (χ0n) is 17.3. The number of carbonyl (C=O) groups excluding carboxylic acids is 2. The first-order chi connectivity index (χ1) is 15.7. The lowest BCUT2D eigenvalue weighted by Crippen LogP contribution is -2.24. The molecule has 4 rings (SSSR count). The molecule has 0 saturated carbocycles. The normalized spacial score (nSPS) is 10.4. The van der Waals surface area contributed by atoms with Gasteiger partial charge in [-0.05, 0) is 65.5 Å². The third kappa shape index (κ3) is 6.06. The average molecular weight is 443 g/mol. The molecule has 0 atom stereocenters. The molecule has 4 aromatic rings. The molecule has 0 aliphatic heterocycles. The lowest BCUT2D eigenvalue weighted by Gasteiger charge is -2.09. The molecule has 0 saturated heterocycles. The second-order valence-corrected chi connectivity index (χ2v) is 8.16. The molecular weight excluding hydrogens is 420 g/mol. The molecule has 6 heteroatoms. The van der Waals surface area contributed by atoms with Gasteiger partial charge in [0, 0.05) is 16.1 Å². The minimum Gasteiger partial charge on any atom is -0.457 e. The number of anilines is 1. The van der Waals surface area contributed by atoms with Gasteiger partial charge in [-0.3, -0.25) is 9.59 Å². The van der Waals surface area contributed by atoms with Gasteiger partial charge >= 0.3 is 0 Å². The SMILES string of the molecule is O=C(Cc1ccc(NC(=O)c2ccc(Oc3ccccc3)cc2)cc1)NCc1cccs1. The highest BCUT2D eigenvalue weighted by molar-refractivity contribution is 7.09. The standard InChI is InChI=1S/C26H22N2O3S/c29-25(27-18-24-7-4-16-32-24)17-19-8-12-21(13-9-19)28-26(30)20-10-14-23(15-11-20)31-22-5-2-1-3-6-22/h1-16H,17-18H2,(H,27,29)(H,28,30). The Labute approximate surface area is 190 Å². The number of thiophene rings is 1. The summed E-state index contributed by atoms with van der Waals surface area (Å²) in [5.41, 5.74) is 2.08. The van der Waals surface area contributed by atoms with E-state index in [2.05, 4.69) is 10.6 Å². The van der Waals surface area contributed by atoms with Crippen molar-refractivity contribution >= 4 is 28.8 Å². The summed E-state index contributed by atoms with van der Waals surface area (Å²) in [7, 11) is 0. The molecule has 0 aliphatic rings. The molecule has 0 aliphatic carbocycles. The number of rotatable bonds is 8. The molecule has 2 N–H and O–H groups in total. The second-order valence-electron chi connectivity index (χ2n) is 7.12. The smallest absolute Gasteiger partial charge is 0.255 e. The highest BCUT2D eigenvalue weighted by Gasteiger charge is 2.08. The van der Waals surface area contributed by atoms with E-state index in [9.17, 15) is 9.59 Å². The zero-order valence-corrected chi connectivity index (χ0v) is 18.1. The van der Waals surface area contributed by atoms with Crippen molar-refractivity contribution in [3.05, 3.63) is 112 Å². The maximum Gasteiger partial charge on any atom is 0.255 e. The number of benzene rings is 3. The zero-order chi connectivity index (χ0) is 22.2. The molecule has 0 bridgehead atoms. The fraction of sp³-hybridized carbons (Fsp3) is 0.0769. The van der Waals surface area contributed by atoms with E-state index < -0.39 is 0 Å². The molecule has 160 valence electrons. The monoisotopic (exact) mass is 442 g/mol. The quantitative estimate of drug-likeness (QED) is 0.370. The van der Waals surface area contributed by atoms with Crippen molar-refractivity contribution in [2.75, 3.05) is 5.32 Å². The maximum absolute atomic E-state index is 12.5. The van der Waals surface area contributed by atoms with E-state index >= 15 is 0 Å². The van der Waals surface area contributed by atoms with Crippen molar-refractivity contribution in [2.45, 2.75) is 13.0 Å². The summed E-state index contributed by atoms with van der Waals surface area (Å²) in [6.07, 6.45) is 0.294. The summed E-state index contributed by atoms with van der Waals surface area (Å²) < 4.78 is 5.75. The predicted molar refractivity (Wildman–Crippen MR) is 127 cm³/mol. The highest BCUT2D eigenvalue weighted by Crippen LogP contribution is 2.21. The van der Waals surface area contributed by atoms with Crippen LogP contribution in [0, 0.1) is 0 Å². The Balaban J connectivity index is 1.28. The molecular formula is C26H22N2O3S. The maximum atomic E-state index is 12.5. The summed E-state index contributed by atoms with van der Waals surface area (Å²) in [5.74, 6) is 1.16. The number of carbonyl (C=O) groups is 2. The highest BCUT2D eigenvalue weighted by atomic mass is 32.1. The molecule has 2 amide bonds. The van der Waals surface area contributed by atoms with Crippen LogP contribution in [-0.2, 0) is 17.8 Å². The Bertz CT molecular complexity index is 1160. The van der Waals surface area contributed by atoms with E-state index in [1.54, 1.807) is 47.7 Å². The fourth-order valence-corrected chi connectivity index (χ4v) is 3.70. The minimum atomic E-state index is -0.210. The molecule has 0 unspecified atom stereocenters. The Kier molecular flexibility index (Phi) is 6.94. The second kappa shape index (κ2) is 10.4. The van der Waals surface area contributed by atoms with Crippen molar-refractivity contribution in [3.63, 3.8) is 0 Å². The summed E-state index contributed by atoms with van der Waals surface area (Å²) in [6.45, 7) is 0.541. The number of ether oxygens (including phenoxy) is 1. The van der Waals surface area contributed by atoms with E-state index in [1.165, 1.54) is 0 Å². The lowest BCUT2D eigenvalue weighted by atomic mass is 10.1. The van der Waals surface area contributed by atoms with Gasteiger partial charge in [-0.2, -0.15) is 0 Å². The first kappa shape index (κ1) is 21.3. The first-order valence-electron chi connectivity index (χ1n) is 10.2. The van der Waals surface area contributed by atoms with Crippen LogP contribution in [-0.4, -0.2) is 11.8 Å². The molecule has 32 heavy (non-hydrogen) atoms. The van der Waals surface area contributed by atoms with Crippen LogP contribution in [0.15, 0.2) is 96.4 Å². The summed E-state index contributed by atoms with van der Waals surface area (Å²) in [4.78, 5) is 25.8. The van der Waals surface area contributed by atoms with E-state index in [0.717, 1.165) is 16.2 Å². The van der Waals surface area contributed by atoms with Gasteiger partial charge in [0.05, 0.1) is 13.0 Å². The Morgan fingerprint density at radius 2 is 1.50 bits per heavy atom. The van der Waals surface area contributed by atoms with E-state index in [1.807, 2.05) is 60.0 Å². The molecule has 0 radical (unpaired) electrons. The van der Waals surface area contributed by atoms with E-state index in [-0.39, 0.29) is 11.8 Å². The topological polar surface area (TPSA) is 67.4 Å². The van der Waals surface area contributed by atoms with Gasteiger partial charge in [-0.25, -0.2) is 0 Å². The molecule has 3 aromatic carbocycles. The van der Waals surface area contributed by atoms with Crippen molar-refractivity contribution in [1.82, 2.24) is 5.32 Å². The third-order valence-corrected chi connectivity index (χ3v) is 5.59. The third-order valence-electron chi connectivity index (χ3n) is 4.71. The van der Waals surface area contributed by atoms with Gasteiger partial charge in [0.2, 0.25) is 5.91 Å². The number of hydrogen-bond acceptors (Lipinski definition) is 4. The molecule has 0 spiro atoms. The largest absolute Gasteiger partial charge is 0.457 e. The summed E-state index contributed by atoms with van der Waals surface area (Å²) in [5, 5.41) is 7.77. The Morgan fingerprint density at radius 3 is 2.19 bits per heavy atom. The van der Waals surface area contributed by atoms with Crippen molar-refractivity contribution in [1.29, 1.82) is 0 Å². The van der Waals surface area contributed by atoms with Crippen LogP contribution >= 0.6 is 11.3 Å². The summed E-state index contributed by atoms with van der Waals surface area (Å²) >= 11 is 1.62. The number of nitrogens with one attached hydrogen (secondary N) is 2. The van der Waals surface area contributed by atoms with Crippen LogP contribution in [0.5, 0.6) is 11.5 Å². The van der Waals surface area contributed by atoms with Crippen molar-refractivity contribution in [3.8, 4) is 11.5 Å². The average Bonchev–Trinajstić information content (AvgIpc) is 3.34. The Hall–Kier alpha value is -3.90. The predicted octanol–water partition coefficient (Wildman–Crippen LogP) is 5.65. The minimum absolute atomic E-state index is 0.0343.